The van der Waals surface area contributed by atoms with E-state index in [2.05, 4.69) is 17.6 Å². The van der Waals surface area contributed by atoms with Crippen LogP contribution in [0.5, 0.6) is 5.75 Å². The maximum atomic E-state index is 12.9. The Kier molecular flexibility index (Phi) is 11.1. The zero-order valence-electron chi connectivity index (χ0n) is 23.1. The van der Waals surface area contributed by atoms with E-state index in [9.17, 15) is 29.8 Å². The summed E-state index contributed by atoms with van der Waals surface area (Å²) in [6.07, 6.45) is 4.22. The Balaban J connectivity index is 1.55. The highest BCUT2D eigenvalue weighted by Crippen LogP contribution is 2.50. The van der Waals surface area contributed by atoms with Crippen LogP contribution >= 0.6 is 0 Å². The van der Waals surface area contributed by atoms with Gasteiger partial charge in [0, 0.05) is 12.3 Å². The Morgan fingerprint density at radius 2 is 1.87 bits per heavy atom. The molecule has 1 aromatic rings. The normalized spacial score (nSPS) is 23.0. The Hall–Kier alpha value is -2.73. The van der Waals surface area contributed by atoms with Crippen LogP contribution in [0.25, 0.3) is 0 Å². The van der Waals surface area contributed by atoms with Crippen molar-refractivity contribution in [2.24, 2.45) is 5.92 Å². The molecule has 1 saturated heterocycles. The van der Waals surface area contributed by atoms with Gasteiger partial charge in [-0.1, -0.05) is 39.2 Å². The van der Waals surface area contributed by atoms with Crippen LogP contribution in [-0.2, 0) is 19.1 Å². The fraction of sp³-hybridized carbons (Fsp3) is 0.679. The number of amides is 3. The van der Waals surface area contributed by atoms with Crippen molar-refractivity contribution in [3.05, 3.63) is 29.3 Å². The second-order valence-corrected chi connectivity index (χ2v) is 10.4. The summed E-state index contributed by atoms with van der Waals surface area (Å²) in [6.45, 7) is 6.08. The van der Waals surface area contributed by atoms with E-state index in [0.29, 0.717) is 49.5 Å². The number of nitrogens with one attached hydrogen (secondary N) is 2. The molecule has 218 valence electrons. The lowest BCUT2D eigenvalue weighted by atomic mass is 9.90. The molecule has 1 aliphatic heterocycles. The highest BCUT2D eigenvalue weighted by Gasteiger charge is 2.53. The third-order valence-electron chi connectivity index (χ3n) is 7.56. The number of unbranched alkanes of at least 4 members (excludes halogenated alkanes) is 2. The van der Waals surface area contributed by atoms with Gasteiger partial charge in [0.1, 0.15) is 11.9 Å². The van der Waals surface area contributed by atoms with Crippen LogP contribution in [-0.4, -0.2) is 69.9 Å². The Morgan fingerprint density at radius 1 is 1.15 bits per heavy atom. The standard InChI is InChI=1S/C28H43N3O8/c1-4-7-8-9-21(23(5-2)31(37)17-32)26(33)29-16-30-27(34)25-11-10-24(39-25)19-12-18(22-15-28(22,35)36)13-20(14-19)38-6-3/h12-14,17,21-25,35-37H,4-11,15-16H2,1-3H3,(H,29,33)(H,30,34). The van der Waals surface area contributed by atoms with Gasteiger partial charge in [0.05, 0.1) is 31.3 Å². The number of hydrogen-bond donors (Lipinski definition) is 5. The number of carbonyl (C=O) groups is 3. The molecular weight excluding hydrogens is 506 g/mol. The number of carbonyl (C=O) groups excluding carboxylic acids is 3. The van der Waals surface area contributed by atoms with Crippen LogP contribution in [0, 0.1) is 5.92 Å². The molecule has 3 amide bonds. The van der Waals surface area contributed by atoms with E-state index in [1.54, 1.807) is 13.0 Å². The molecule has 2 fully saturated rings. The van der Waals surface area contributed by atoms with Gasteiger partial charge in [0.15, 0.2) is 5.79 Å². The van der Waals surface area contributed by atoms with E-state index in [0.717, 1.165) is 30.4 Å². The summed E-state index contributed by atoms with van der Waals surface area (Å²) in [5.41, 5.74) is 1.57. The minimum absolute atomic E-state index is 0.101. The Bertz CT molecular complexity index is 988. The van der Waals surface area contributed by atoms with Crippen LogP contribution in [0.15, 0.2) is 18.2 Å². The number of hydroxylamine groups is 2. The van der Waals surface area contributed by atoms with E-state index in [1.165, 1.54) is 0 Å². The molecule has 0 radical (unpaired) electrons. The second-order valence-electron chi connectivity index (χ2n) is 10.4. The maximum absolute atomic E-state index is 12.9. The van der Waals surface area contributed by atoms with E-state index in [1.807, 2.05) is 19.1 Å². The number of aliphatic hydroxyl groups is 2. The molecule has 11 heteroatoms. The molecule has 11 nitrogen and oxygen atoms in total. The van der Waals surface area contributed by atoms with E-state index >= 15 is 0 Å². The average Bonchev–Trinajstić information content (AvgIpc) is 3.30. The minimum Gasteiger partial charge on any atom is -0.494 e. The minimum atomic E-state index is -1.71. The van der Waals surface area contributed by atoms with Gasteiger partial charge in [-0.25, -0.2) is 5.06 Å². The maximum Gasteiger partial charge on any atom is 0.250 e. The van der Waals surface area contributed by atoms with Gasteiger partial charge in [-0.3, -0.25) is 19.6 Å². The summed E-state index contributed by atoms with van der Waals surface area (Å²) in [7, 11) is 0. The lowest BCUT2D eigenvalue weighted by Gasteiger charge is -2.29. The SMILES string of the molecule is CCCCCC(C(=O)NCNC(=O)C1CCC(c2cc(OCC)cc(C3CC3(O)O)c2)O1)C(CC)N(O)C=O. The molecule has 3 rings (SSSR count). The van der Waals surface area contributed by atoms with Crippen molar-refractivity contribution in [1.82, 2.24) is 15.7 Å². The van der Waals surface area contributed by atoms with Gasteiger partial charge < -0.3 is 30.3 Å². The first-order chi connectivity index (χ1) is 18.6. The number of hydrogen-bond acceptors (Lipinski definition) is 8. The molecular formula is C28H43N3O8. The zero-order valence-corrected chi connectivity index (χ0v) is 23.1. The third-order valence-corrected chi connectivity index (χ3v) is 7.56. The molecule has 1 aliphatic carbocycles. The monoisotopic (exact) mass is 549 g/mol. The molecule has 2 aliphatic rings. The van der Waals surface area contributed by atoms with Gasteiger partial charge >= 0.3 is 0 Å². The first-order valence-electron chi connectivity index (χ1n) is 14.0. The lowest BCUT2D eigenvalue weighted by molar-refractivity contribution is -0.168. The molecule has 1 heterocycles. The van der Waals surface area contributed by atoms with E-state index in [-0.39, 0.29) is 36.9 Å². The number of rotatable bonds is 16. The fourth-order valence-electron chi connectivity index (χ4n) is 5.29. The topological polar surface area (TPSA) is 158 Å². The molecule has 5 atom stereocenters. The van der Waals surface area contributed by atoms with Crippen molar-refractivity contribution in [1.29, 1.82) is 0 Å². The summed E-state index contributed by atoms with van der Waals surface area (Å²) < 4.78 is 11.7. The third kappa shape index (κ3) is 8.14. The van der Waals surface area contributed by atoms with Crippen molar-refractivity contribution in [3.8, 4) is 5.75 Å². The van der Waals surface area contributed by atoms with Crippen molar-refractivity contribution in [3.63, 3.8) is 0 Å². The van der Waals surface area contributed by atoms with Crippen molar-refractivity contribution in [2.75, 3.05) is 13.3 Å². The largest absolute Gasteiger partial charge is 0.494 e. The zero-order chi connectivity index (χ0) is 28.6. The smallest absolute Gasteiger partial charge is 0.250 e. The summed E-state index contributed by atoms with van der Waals surface area (Å²) in [5, 5.41) is 35.7. The Labute approximate surface area is 229 Å². The molecule has 39 heavy (non-hydrogen) atoms. The van der Waals surface area contributed by atoms with Crippen LogP contribution in [0.2, 0.25) is 0 Å². The molecule has 1 aromatic carbocycles. The first kappa shape index (κ1) is 30.8. The summed E-state index contributed by atoms with van der Waals surface area (Å²) in [4.78, 5) is 36.8. The van der Waals surface area contributed by atoms with Gasteiger partial charge in [0.2, 0.25) is 12.3 Å². The predicted molar refractivity (Wildman–Crippen MR) is 142 cm³/mol. The van der Waals surface area contributed by atoms with Crippen molar-refractivity contribution >= 4 is 18.2 Å². The lowest BCUT2D eigenvalue weighted by Crippen LogP contribution is -2.48. The summed E-state index contributed by atoms with van der Waals surface area (Å²) in [5.74, 6) is -2.77. The highest BCUT2D eigenvalue weighted by molar-refractivity contribution is 5.83. The molecule has 5 N–H and O–H groups in total. The van der Waals surface area contributed by atoms with Crippen LogP contribution in [0.1, 0.15) is 95.3 Å². The van der Waals surface area contributed by atoms with Crippen LogP contribution in [0.4, 0.5) is 0 Å². The van der Waals surface area contributed by atoms with Gasteiger partial charge in [-0.2, -0.15) is 0 Å². The van der Waals surface area contributed by atoms with Crippen LogP contribution in [0.3, 0.4) is 0 Å². The Morgan fingerprint density at radius 3 is 2.49 bits per heavy atom. The molecule has 1 saturated carbocycles. The van der Waals surface area contributed by atoms with Crippen molar-refractivity contribution < 1.29 is 39.3 Å². The van der Waals surface area contributed by atoms with Crippen LogP contribution < -0.4 is 15.4 Å². The van der Waals surface area contributed by atoms with Gasteiger partial charge in [-0.05, 0) is 55.9 Å². The number of benzene rings is 1. The van der Waals surface area contributed by atoms with E-state index < -0.39 is 23.9 Å². The highest BCUT2D eigenvalue weighted by atomic mass is 16.5. The fourth-order valence-corrected chi connectivity index (χ4v) is 5.29. The van der Waals surface area contributed by atoms with Gasteiger partial charge in [0.25, 0.3) is 5.91 Å². The van der Waals surface area contributed by atoms with Crippen molar-refractivity contribution in [2.45, 2.75) is 102 Å². The van der Waals surface area contributed by atoms with E-state index in [4.69, 9.17) is 9.47 Å². The van der Waals surface area contributed by atoms with Gasteiger partial charge in [-0.15, -0.1) is 0 Å². The second kappa shape index (κ2) is 14.1. The first-order valence-corrected chi connectivity index (χ1v) is 14.0. The molecule has 0 aromatic heterocycles. The average molecular weight is 550 g/mol. The number of ether oxygens (including phenoxy) is 2. The summed E-state index contributed by atoms with van der Waals surface area (Å²) in [6, 6.07) is 4.88. The molecule has 5 unspecified atom stereocenters. The summed E-state index contributed by atoms with van der Waals surface area (Å²) >= 11 is 0. The molecule has 0 bridgehead atoms. The number of nitrogens with zero attached hydrogens (tertiary/aromatic N) is 1. The quantitative estimate of drug-likeness (QED) is 0.0692. The predicted octanol–water partition coefficient (Wildman–Crippen LogP) is 2.49. The molecule has 0 spiro atoms.